The molecule has 2 N–H and O–H groups in total. The summed E-state index contributed by atoms with van der Waals surface area (Å²) in [6.45, 7) is 4.80. The van der Waals surface area contributed by atoms with Gasteiger partial charge in [0.05, 0.1) is 23.7 Å². The van der Waals surface area contributed by atoms with Crippen molar-refractivity contribution in [1.82, 2.24) is 4.98 Å². The summed E-state index contributed by atoms with van der Waals surface area (Å²) in [6, 6.07) is 3.90. The van der Waals surface area contributed by atoms with Crippen LogP contribution in [-0.2, 0) is 4.74 Å². The fraction of sp³-hybridized carbons (Fsp3) is 0.538. The molecule has 2 heterocycles. The van der Waals surface area contributed by atoms with E-state index in [1.165, 1.54) is 0 Å². The lowest BCUT2D eigenvalue weighted by molar-refractivity contribution is 0.0526. The zero-order valence-electron chi connectivity index (χ0n) is 10.6. The average molecular weight is 265 g/mol. The molecule has 0 radical (unpaired) electrons. The van der Waals surface area contributed by atoms with E-state index in [1.54, 1.807) is 0 Å². The first-order chi connectivity index (χ1) is 8.70. The molecule has 0 saturated carbocycles. The van der Waals surface area contributed by atoms with Gasteiger partial charge in [0.1, 0.15) is 4.99 Å². The van der Waals surface area contributed by atoms with Crippen LogP contribution in [0.1, 0.15) is 25.5 Å². The van der Waals surface area contributed by atoms with Gasteiger partial charge in [-0.3, -0.25) is 4.98 Å². The van der Waals surface area contributed by atoms with Crippen LogP contribution in [0.25, 0.3) is 0 Å². The number of nitrogens with zero attached hydrogens (tertiary/aromatic N) is 2. The molecule has 4 nitrogen and oxygen atoms in total. The van der Waals surface area contributed by atoms with Gasteiger partial charge in [-0.2, -0.15) is 0 Å². The lowest BCUT2D eigenvalue weighted by Crippen LogP contribution is -2.39. The Morgan fingerprint density at radius 3 is 3.06 bits per heavy atom. The molecule has 0 aromatic carbocycles. The van der Waals surface area contributed by atoms with Gasteiger partial charge in [0.2, 0.25) is 0 Å². The minimum absolute atomic E-state index is 0.332. The topological polar surface area (TPSA) is 51.4 Å². The SMILES string of the molecule is CCOC1CCCN(c2ccc(C(N)=S)nc2)C1. The maximum Gasteiger partial charge on any atom is 0.122 e. The molecule has 98 valence electrons. The van der Waals surface area contributed by atoms with E-state index in [2.05, 4.69) is 9.88 Å². The molecule has 1 atom stereocenters. The number of piperidine rings is 1. The summed E-state index contributed by atoms with van der Waals surface area (Å²) in [5.41, 5.74) is 7.32. The number of hydrogen-bond acceptors (Lipinski definition) is 4. The average Bonchev–Trinajstić information content (AvgIpc) is 2.39. The van der Waals surface area contributed by atoms with Crippen molar-refractivity contribution >= 4 is 22.9 Å². The highest BCUT2D eigenvalue weighted by atomic mass is 32.1. The summed E-state index contributed by atoms with van der Waals surface area (Å²) in [7, 11) is 0. The van der Waals surface area contributed by atoms with E-state index in [4.69, 9.17) is 22.7 Å². The molecule has 1 aromatic rings. The number of rotatable bonds is 4. The quantitative estimate of drug-likeness (QED) is 0.840. The summed E-state index contributed by atoms with van der Waals surface area (Å²) in [6.07, 6.45) is 4.46. The Hall–Kier alpha value is -1.20. The fourth-order valence-corrected chi connectivity index (χ4v) is 2.38. The van der Waals surface area contributed by atoms with Crippen LogP contribution in [0, 0.1) is 0 Å². The standard InChI is InChI=1S/C13H19N3OS/c1-2-17-11-4-3-7-16(9-11)10-5-6-12(13(14)18)15-8-10/h5-6,8,11H,2-4,7,9H2,1H3,(H2,14,18). The number of aromatic nitrogens is 1. The Morgan fingerprint density at radius 2 is 2.44 bits per heavy atom. The van der Waals surface area contributed by atoms with Gasteiger partial charge in [0, 0.05) is 19.7 Å². The van der Waals surface area contributed by atoms with Crippen LogP contribution >= 0.6 is 12.2 Å². The third-order valence-corrected chi connectivity index (χ3v) is 3.36. The van der Waals surface area contributed by atoms with Crippen molar-refractivity contribution in [1.29, 1.82) is 0 Å². The molecule has 1 aromatic heterocycles. The van der Waals surface area contributed by atoms with Crippen molar-refractivity contribution in [2.24, 2.45) is 5.73 Å². The molecular weight excluding hydrogens is 246 g/mol. The van der Waals surface area contributed by atoms with E-state index in [-0.39, 0.29) is 0 Å². The van der Waals surface area contributed by atoms with Crippen LogP contribution in [0.4, 0.5) is 5.69 Å². The van der Waals surface area contributed by atoms with Crippen LogP contribution in [0.2, 0.25) is 0 Å². The minimum Gasteiger partial charge on any atom is -0.388 e. The largest absolute Gasteiger partial charge is 0.388 e. The normalized spacial score (nSPS) is 19.8. The zero-order valence-corrected chi connectivity index (χ0v) is 11.4. The Morgan fingerprint density at radius 1 is 1.61 bits per heavy atom. The predicted molar refractivity (Wildman–Crippen MR) is 77.0 cm³/mol. The summed E-state index contributed by atoms with van der Waals surface area (Å²) in [5.74, 6) is 0. The summed E-state index contributed by atoms with van der Waals surface area (Å²) in [5, 5.41) is 0. The number of hydrogen-bond donors (Lipinski definition) is 1. The molecule has 0 aliphatic carbocycles. The number of ether oxygens (including phenoxy) is 1. The number of nitrogens with two attached hydrogens (primary N) is 1. The molecule has 18 heavy (non-hydrogen) atoms. The monoisotopic (exact) mass is 265 g/mol. The molecule has 1 aliphatic rings. The lowest BCUT2D eigenvalue weighted by Gasteiger charge is -2.33. The Bertz CT molecular complexity index is 405. The first kappa shape index (κ1) is 13.2. The van der Waals surface area contributed by atoms with Crippen LogP contribution in [0.15, 0.2) is 18.3 Å². The van der Waals surface area contributed by atoms with Crippen molar-refractivity contribution in [3.8, 4) is 0 Å². The second kappa shape index (κ2) is 6.11. The highest BCUT2D eigenvalue weighted by Crippen LogP contribution is 2.20. The van der Waals surface area contributed by atoms with E-state index in [9.17, 15) is 0 Å². The molecule has 0 spiro atoms. The summed E-state index contributed by atoms with van der Waals surface area (Å²) >= 11 is 4.90. The van der Waals surface area contributed by atoms with Gasteiger partial charge in [-0.25, -0.2) is 0 Å². The second-order valence-electron chi connectivity index (χ2n) is 4.43. The van der Waals surface area contributed by atoms with Crippen LogP contribution in [-0.4, -0.2) is 35.8 Å². The van der Waals surface area contributed by atoms with Gasteiger partial charge in [-0.1, -0.05) is 12.2 Å². The van der Waals surface area contributed by atoms with Gasteiger partial charge in [-0.15, -0.1) is 0 Å². The van der Waals surface area contributed by atoms with E-state index in [0.29, 0.717) is 16.8 Å². The third kappa shape index (κ3) is 3.17. The van der Waals surface area contributed by atoms with Crippen molar-refractivity contribution in [3.05, 3.63) is 24.0 Å². The molecule has 0 bridgehead atoms. The zero-order chi connectivity index (χ0) is 13.0. The molecule has 1 unspecified atom stereocenters. The molecular formula is C13H19N3OS. The van der Waals surface area contributed by atoms with Gasteiger partial charge in [0.25, 0.3) is 0 Å². The van der Waals surface area contributed by atoms with E-state index in [0.717, 1.165) is 38.2 Å². The number of thiocarbonyl (C=S) groups is 1. The number of pyridine rings is 1. The maximum atomic E-state index is 5.69. The van der Waals surface area contributed by atoms with Gasteiger partial charge >= 0.3 is 0 Å². The Balaban J connectivity index is 2.04. The van der Waals surface area contributed by atoms with Gasteiger partial charge < -0.3 is 15.4 Å². The van der Waals surface area contributed by atoms with Crippen LogP contribution < -0.4 is 10.6 Å². The van der Waals surface area contributed by atoms with Crippen molar-refractivity contribution in [2.75, 3.05) is 24.6 Å². The van der Waals surface area contributed by atoms with Crippen LogP contribution in [0.5, 0.6) is 0 Å². The molecule has 1 saturated heterocycles. The first-order valence-corrected chi connectivity index (χ1v) is 6.74. The van der Waals surface area contributed by atoms with E-state index >= 15 is 0 Å². The molecule has 2 rings (SSSR count). The van der Waals surface area contributed by atoms with Crippen molar-refractivity contribution in [2.45, 2.75) is 25.9 Å². The Labute approximate surface area is 113 Å². The van der Waals surface area contributed by atoms with Gasteiger partial charge in [0.15, 0.2) is 0 Å². The smallest absolute Gasteiger partial charge is 0.122 e. The fourth-order valence-electron chi connectivity index (χ4n) is 2.26. The molecule has 5 heteroatoms. The lowest BCUT2D eigenvalue weighted by atomic mass is 10.1. The highest BCUT2D eigenvalue weighted by Gasteiger charge is 2.20. The maximum absolute atomic E-state index is 5.69. The highest BCUT2D eigenvalue weighted by molar-refractivity contribution is 7.80. The van der Waals surface area contributed by atoms with Crippen LogP contribution in [0.3, 0.4) is 0 Å². The molecule has 0 amide bonds. The molecule has 1 aliphatic heterocycles. The van der Waals surface area contributed by atoms with Crippen molar-refractivity contribution in [3.63, 3.8) is 0 Å². The molecule has 1 fully saturated rings. The van der Waals surface area contributed by atoms with E-state index < -0.39 is 0 Å². The Kier molecular flexibility index (Phi) is 4.49. The first-order valence-electron chi connectivity index (χ1n) is 6.33. The second-order valence-corrected chi connectivity index (χ2v) is 4.87. The third-order valence-electron chi connectivity index (χ3n) is 3.15. The number of anilines is 1. The summed E-state index contributed by atoms with van der Waals surface area (Å²) in [4.78, 5) is 6.92. The van der Waals surface area contributed by atoms with Gasteiger partial charge in [-0.05, 0) is 31.9 Å². The predicted octanol–water partition coefficient (Wildman–Crippen LogP) is 1.72. The van der Waals surface area contributed by atoms with Crippen molar-refractivity contribution < 1.29 is 4.74 Å². The summed E-state index contributed by atoms with van der Waals surface area (Å²) < 4.78 is 5.69. The minimum atomic E-state index is 0.332. The van der Waals surface area contributed by atoms with E-state index in [1.807, 2.05) is 25.3 Å².